The highest BCUT2D eigenvalue weighted by molar-refractivity contribution is 6.67. The fraction of sp³-hybridized carbons (Fsp3) is 0.0667. The van der Waals surface area contributed by atoms with Crippen molar-refractivity contribution >= 4 is 28.4 Å². The van der Waals surface area contributed by atoms with Crippen LogP contribution in [-0.4, -0.2) is 25.0 Å². The quantitative estimate of drug-likeness (QED) is 0.688. The molecule has 5 nitrogen and oxygen atoms in total. The Morgan fingerprint density at radius 2 is 1.86 bits per heavy atom. The van der Waals surface area contributed by atoms with Crippen molar-refractivity contribution in [1.82, 2.24) is 19.7 Å². The molecule has 110 valence electrons. The first kappa shape index (κ1) is 14.7. The Labute approximate surface area is 136 Å². The molecule has 0 saturated heterocycles. The first-order chi connectivity index (χ1) is 10.5. The van der Waals surface area contributed by atoms with Gasteiger partial charge in [0.05, 0.1) is 18.1 Å². The molecule has 1 aromatic carbocycles. The largest absolute Gasteiger partial charge is 0.275 e. The van der Waals surface area contributed by atoms with Crippen LogP contribution >= 0.6 is 23.2 Å². The molecule has 0 spiro atoms. The first-order valence-electron chi connectivity index (χ1n) is 6.36. The van der Waals surface area contributed by atoms with Crippen molar-refractivity contribution in [1.29, 1.82) is 0 Å². The third-order valence-electron chi connectivity index (χ3n) is 3.08. The highest BCUT2D eigenvalue weighted by Crippen LogP contribution is 2.26. The predicted molar refractivity (Wildman–Crippen MR) is 84.9 cm³/mol. The lowest BCUT2D eigenvalue weighted by molar-refractivity contribution is 0.107. The van der Waals surface area contributed by atoms with E-state index in [1.165, 1.54) is 6.20 Å². The summed E-state index contributed by atoms with van der Waals surface area (Å²) in [4.78, 5) is 20.2. The molecular weight excluding hydrogens is 323 g/mol. The molecule has 2 aromatic heterocycles. The van der Waals surface area contributed by atoms with Crippen LogP contribution in [0, 0.1) is 0 Å². The zero-order chi connectivity index (χ0) is 15.7. The van der Waals surface area contributed by atoms with Gasteiger partial charge in [-0.15, -0.1) is 0 Å². The highest BCUT2D eigenvalue weighted by atomic mass is 35.5. The van der Waals surface area contributed by atoms with Gasteiger partial charge in [-0.25, -0.2) is 9.97 Å². The molecule has 0 atom stereocenters. The predicted octanol–water partition coefficient (Wildman–Crippen LogP) is 3.58. The van der Waals surface area contributed by atoms with Gasteiger partial charge in [0.25, 0.3) is 5.24 Å². The van der Waals surface area contributed by atoms with Gasteiger partial charge < -0.3 is 0 Å². The van der Waals surface area contributed by atoms with E-state index in [0.29, 0.717) is 22.0 Å². The van der Waals surface area contributed by atoms with Gasteiger partial charge >= 0.3 is 0 Å². The Bertz CT molecular complexity index is 843. The topological polar surface area (TPSA) is 60.7 Å². The van der Waals surface area contributed by atoms with E-state index < -0.39 is 5.24 Å². The molecule has 0 saturated carbocycles. The molecule has 0 bridgehead atoms. The smallest absolute Gasteiger partial charge is 0.273 e. The molecule has 0 aliphatic carbocycles. The Morgan fingerprint density at radius 3 is 2.45 bits per heavy atom. The summed E-state index contributed by atoms with van der Waals surface area (Å²) in [7, 11) is 1.78. The number of hydrogen-bond acceptors (Lipinski definition) is 4. The number of carbonyl (C=O) groups is 1. The fourth-order valence-corrected chi connectivity index (χ4v) is 2.30. The number of rotatable bonds is 3. The van der Waals surface area contributed by atoms with Crippen LogP contribution in [0.15, 0.2) is 42.9 Å². The van der Waals surface area contributed by atoms with Gasteiger partial charge in [-0.05, 0) is 23.7 Å². The van der Waals surface area contributed by atoms with Crippen molar-refractivity contribution in [3.63, 3.8) is 0 Å². The van der Waals surface area contributed by atoms with E-state index >= 15 is 0 Å². The summed E-state index contributed by atoms with van der Waals surface area (Å²) in [5.41, 5.74) is 2.65. The van der Waals surface area contributed by atoms with Crippen molar-refractivity contribution in [2.45, 2.75) is 0 Å². The maximum Gasteiger partial charge on any atom is 0.273 e. The van der Waals surface area contributed by atoms with Crippen molar-refractivity contribution in [3.8, 4) is 22.5 Å². The van der Waals surface area contributed by atoms with E-state index in [9.17, 15) is 4.79 Å². The average Bonchev–Trinajstić information content (AvgIpc) is 2.94. The second-order valence-corrected chi connectivity index (χ2v) is 5.42. The molecule has 3 rings (SSSR count). The van der Waals surface area contributed by atoms with Crippen LogP contribution in [-0.2, 0) is 7.05 Å². The lowest BCUT2D eigenvalue weighted by Crippen LogP contribution is -2.02. The monoisotopic (exact) mass is 332 g/mol. The van der Waals surface area contributed by atoms with E-state index in [1.807, 2.05) is 12.1 Å². The number of carbonyl (C=O) groups excluding carboxylic acids is 1. The molecular formula is C15H10Cl2N4O. The zero-order valence-corrected chi connectivity index (χ0v) is 13.0. The van der Waals surface area contributed by atoms with Crippen molar-refractivity contribution in [2.75, 3.05) is 0 Å². The number of nitrogens with zero attached hydrogens (tertiary/aromatic N) is 4. The SMILES string of the molecule is Cn1cc(-c2nc(-c3ccc(Cl)cc3)cnc2C(=O)Cl)cn1. The van der Waals surface area contributed by atoms with E-state index in [1.54, 1.807) is 36.3 Å². The molecule has 22 heavy (non-hydrogen) atoms. The molecule has 0 amide bonds. The van der Waals surface area contributed by atoms with Crippen LogP contribution < -0.4 is 0 Å². The van der Waals surface area contributed by atoms with Crippen LogP contribution in [0.5, 0.6) is 0 Å². The summed E-state index contributed by atoms with van der Waals surface area (Å²) in [6.07, 6.45) is 4.87. The Hall–Kier alpha value is -2.24. The van der Waals surface area contributed by atoms with Crippen LogP contribution in [0.2, 0.25) is 5.02 Å². The Balaban J connectivity index is 2.15. The Morgan fingerprint density at radius 1 is 1.14 bits per heavy atom. The summed E-state index contributed by atoms with van der Waals surface area (Å²) in [5, 5.41) is 4.06. The van der Waals surface area contributed by atoms with Gasteiger partial charge in [0.15, 0.2) is 0 Å². The van der Waals surface area contributed by atoms with E-state index in [2.05, 4.69) is 15.1 Å². The molecule has 0 unspecified atom stereocenters. The molecule has 3 aromatic rings. The summed E-state index contributed by atoms with van der Waals surface area (Å²) in [6, 6.07) is 7.20. The molecule has 0 fully saturated rings. The number of halogens is 2. The van der Waals surface area contributed by atoms with Crippen LogP contribution in [0.3, 0.4) is 0 Å². The fourth-order valence-electron chi connectivity index (χ4n) is 2.04. The number of aromatic nitrogens is 4. The molecule has 2 heterocycles. The second-order valence-electron chi connectivity index (χ2n) is 4.64. The summed E-state index contributed by atoms with van der Waals surface area (Å²) >= 11 is 11.5. The van der Waals surface area contributed by atoms with E-state index in [4.69, 9.17) is 23.2 Å². The third-order valence-corrected chi connectivity index (χ3v) is 3.51. The van der Waals surface area contributed by atoms with Gasteiger partial charge in [-0.2, -0.15) is 5.10 Å². The lowest BCUT2D eigenvalue weighted by Gasteiger charge is -2.06. The highest BCUT2D eigenvalue weighted by Gasteiger charge is 2.17. The Kier molecular flexibility index (Phi) is 3.92. The lowest BCUT2D eigenvalue weighted by atomic mass is 10.1. The molecule has 0 aliphatic rings. The maximum absolute atomic E-state index is 11.6. The van der Waals surface area contributed by atoms with Crippen LogP contribution in [0.25, 0.3) is 22.5 Å². The number of hydrogen-bond donors (Lipinski definition) is 0. The minimum Gasteiger partial charge on any atom is -0.275 e. The number of benzene rings is 1. The van der Waals surface area contributed by atoms with Crippen molar-refractivity contribution in [2.24, 2.45) is 7.05 Å². The van der Waals surface area contributed by atoms with Crippen LogP contribution in [0.4, 0.5) is 0 Å². The summed E-state index contributed by atoms with van der Waals surface area (Å²) in [5.74, 6) is 0. The van der Waals surface area contributed by atoms with Gasteiger partial charge in [-0.1, -0.05) is 23.7 Å². The van der Waals surface area contributed by atoms with Gasteiger partial charge in [-0.3, -0.25) is 9.48 Å². The van der Waals surface area contributed by atoms with E-state index in [0.717, 1.165) is 5.56 Å². The third kappa shape index (κ3) is 2.86. The number of aryl methyl sites for hydroxylation is 1. The summed E-state index contributed by atoms with van der Waals surface area (Å²) in [6.45, 7) is 0. The molecule has 7 heteroatoms. The van der Waals surface area contributed by atoms with Crippen molar-refractivity contribution < 1.29 is 4.79 Å². The van der Waals surface area contributed by atoms with Gasteiger partial charge in [0.1, 0.15) is 11.4 Å². The first-order valence-corrected chi connectivity index (χ1v) is 7.12. The maximum atomic E-state index is 11.6. The summed E-state index contributed by atoms with van der Waals surface area (Å²) < 4.78 is 1.62. The van der Waals surface area contributed by atoms with Crippen molar-refractivity contribution in [3.05, 3.63) is 53.6 Å². The van der Waals surface area contributed by atoms with Crippen LogP contribution in [0.1, 0.15) is 10.5 Å². The zero-order valence-electron chi connectivity index (χ0n) is 11.5. The second kappa shape index (κ2) is 5.87. The minimum absolute atomic E-state index is 0.104. The molecule has 0 N–H and O–H groups in total. The molecule has 0 aliphatic heterocycles. The van der Waals surface area contributed by atoms with E-state index in [-0.39, 0.29) is 5.69 Å². The molecule has 0 radical (unpaired) electrons. The minimum atomic E-state index is -0.658. The van der Waals surface area contributed by atoms with Gasteiger partial charge in [0, 0.05) is 29.4 Å². The normalized spacial score (nSPS) is 10.7. The standard InChI is InChI=1S/C15H10Cl2N4O/c1-21-8-10(6-19-21)13-14(15(17)22)18-7-12(20-13)9-2-4-11(16)5-3-9/h2-8H,1H3. The average molecular weight is 333 g/mol. The van der Waals surface area contributed by atoms with Gasteiger partial charge in [0.2, 0.25) is 0 Å².